The van der Waals surface area contributed by atoms with Crippen LogP contribution in [0.4, 0.5) is 10.2 Å². The van der Waals surface area contributed by atoms with E-state index >= 15 is 0 Å². The molecule has 1 aromatic rings. The molecule has 0 aromatic carbocycles. The lowest BCUT2D eigenvalue weighted by molar-refractivity contribution is 0.584. The minimum Gasteiger partial charge on any atom is -0.369 e. The highest BCUT2D eigenvalue weighted by molar-refractivity contribution is 7.89. The highest BCUT2D eigenvalue weighted by atomic mass is 32.2. The lowest BCUT2D eigenvalue weighted by Crippen LogP contribution is -2.29. The fourth-order valence-corrected chi connectivity index (χ4v) is 2.04. The highest BCUT2D eigenvalue weighted by Gasteiger charge is 2.07. The maximum atomic E-state index is 12.5. The summed E-state index contributed by atoms with van der Waals surface area (Å²) < 4.78 is 37.4. The zero-order chi connectivity index (χ0) is 12.0. The molecule has 2 N–H and O–H groups in total. The van der Waals surface area contributed by atoms with E-state index in [1.54, 1.807) is 6.92 Å². The molecular weight excluding hydrogens is 233 g/mol. The van der Waals surface area contributed by atoms with E-state index in [2.05, 4.69) is 15.0 Å². The second-order valence-corrected chi connectivity index (χ2v) is 5.03. The van der Waals surface area contributed by atoms with Gasteiger partial charge in [-0.05, 0) is 12.1 Å². The van der Waals surface area contributed by atoms with Gasteiger partial charge in [-0.2, -0.15) is 0 Å². The van der Waals surface area contributed by atoms with Crippen LogP contribution in [0.25, 0.3) is 0 Å². The Morgan fingerprint density at radius 1 is 1.44 bits per heavy atom. The van der Waals surface area contributed by atoms with Gasteiger partial charge >= 0.3 is 0 Å². The van der Waals surface area contributed by atoms with Crippen molar-refractivity contribution in [1.29, 1.82) is 0 Å². The fraction of sp³-hybridized carbons (Fsp3) is 0.444. The Balaban J connectivity index is 2.39. The second-order valence-electron chi connectivity index (χ2n) is 3.11. The van der Waals surface area contributed by atoms with Gasteiger partial charge < -0.3 is 5.32 Å². The number of sulfonamides is 1. The second kappa shape index (κ2) is 5.76. The van der Waals surface area contributed by atoms with Crippen molar-refractivity contribution in [2.75, 3.05) is 24.2 Å². The van der Waals surface area contributed by atoms with Crippen molar-refractivity contribution in [1.82, 2.24) is 9.71 Å². The smallest absolute Gasteiger partial charge is 0.213 e. The van der Waals surface area contributed by atoms with Gasteiger partial charge in [0.25, 0.3) is 0 Å². The average molecular weight is 247 g/mol. The predicted molar refractivity (Wildman–Crippen MR) is 60.1 cm³/mol. The number of anilines is 1. The molecule has 0 fully saturated rings. The van der Waals surface area contributed by atoms with Gasteiger partial charge in [-0.3, -0.25) is 0 Å². The van der Waals surface area contributed by atoms with Crippen LogP contribution in [-0.2, 0) is 10.0 Å². The molecular formula is C9H14FN3O2S. The van der Waals surface area contributed by atoms with E-state index in [1.165, 1.54) is 12.1 Å². The van der Waals surface area contributed by atoms with E-state index in [-0.39, 0.29) is 12.3 Å². The quantitative estimate of drug-likeness (QED) is 0.771. The Morgan fingerprint density at radius 2 is 2.19 bits per heavy atom. The van der Waals surface area contributed by atoms with Crippen LogP contribution in [0, 0.1) is 5.82 Å². The Labute approximate surface area is 94.1 Å². The summed E-state index contributed by atoms with van der Waals surface area (Å²) in [4.78, 5) is 3.74. The summed E-state index contributed by atoms with van der Waals surface area (Å²) in [5.74, 6) is -0.0150. The summed E-state index contributed by atoms with van der Waals surface area (Å²) >= 11 is 0. The van der Waals surface area contributed by atoms with Crippen molar-refractivity contribution < 1.29 is 12.8 Å². The largest absolute Gasteiger partial charge is 0.369 e. The molecule has 0 spiro atoms. The van der Waals surface area contributed by atoms with Gasteiger partial charge in [0.1, 0.15) is 11.6 Å². The summed E-state index contributed by atoms with van der Waals surface area (Å²) in [6.07, 6.45) is 1.07. The molecule has 0 atom stereocenters. The number of hydrogen-bond donors (Lipinski definition) is 2. The summed E-state index contributed by atoms with van der Waals surface area (Å²) in [5, 5.41) is 2.79. The number of nitrogens with zero attached hydrogens (tertiary/aromatic N) is 1. The van der Waals surface area contributed by atoms with Gasteiger partial charge in [-0.1, -0.05) is 6.92 Å². The van der Waals surface area contributed by atoms with Gasteiger partial charge in [0.15, 0.2) is 0 Å². The zero-order valence-electron chi connectivity index (χ0n) is 8.90. The van der Waals surface area contributed by atoms with E-state index < -0.39 is 15.8 Å². The highest BCUT2D eigenvalue weighted by Crippen LogP contribution is 2.02. The molecule has 0 unspecified atom stereocenters. The molecule has 0 aliphatic heterocycles. The van der Waals surface area contributed by atoms with E-state index in [9.17, 15) is 12.8 Å². The Hall–Kier alpha value is -1.21. The van der Waals surface area contributed by atoms with Crippen LogP contribution in [-0.4, -0.2) is 32.2 Å². The van der Waals surface area contributed by atoms with Crippen LogP contribution in [0.15, 0.2) is 18.3 Å². The van der Waals surface area contributed by atoms with Crippen LogP contribution in [0.3, 0.4) is 0 Å². The first-order chi connectivity index (χ1) is 7.53. The summed E-state index contributed by atoms with van der Waals surface area (Å²) in [6.45, 7) is 2.32. The molecule has 1 rings (SSSR count). The van der Waals surface area contributed by atoms with Crippen LogP contribution < -0.4 is 10.0 Å². The molecule has 90 valence electrons. The molecule has 0 saturated carbocycles. The molecule has 0 aliphatic carbocycles. The minimum absolute atomic E-state index is 0.0418. The molecule has 0 amide bonds. The maximum absolute atomic E-state index is 12.5. The number of nitrogens with one attached hydrogen (secondary N) is 2. The van der Waals surface area contributed by atoms with Gasteiger partial charge in [0.05, 0.1) is 11.9 Å². The molecule has 0 bridgehead atoms. The van der Waals surface area contributed by atoms with E-state index in [4.69, 9.17) is 0 Å². The lowest BCUT2D eigenvalue weighted by Gasteiger charge is -2.06. The van der Waals surface area contributed by atoms with Crippen LogP contribution in [0.1, 0.15) is 6.92 Å². The third kappa shape index (κ3) is 4.54. The van der Waals surface area contributed by atoms with Crippen molar-refractivity contribution in [2.24, 2.45) is 0 Å². The van der Waals surface area contributed by atoms with Crippen molar-refractivity contribution in [2.45, 2.75) is 6.92 Å². The van der Waals surface area contributed by atoms with Gasteiger partial charge in [-0.25, -0.2) is 22.5 Å². The first kappa shape index (κ1) is 12.9. The molecule has 0 radical (unpaired) electrons. The average Bonchev–Trinajstić information content (AvgIpc) is 2.20. The molecule has 7 heteroatoms. The topological polar surface area (TPSA) is 71.1 Å². The van der Waals surface area contributed by atoms with Gasteiger partial charge in [0.2, 0.25) is 10.0 Å². The summed E-state index contributed by atoms with van der Waals surface area (Å²) in [5.41, 5.74) is 0. The van der Waals surface area contributed by atoms with Crippen LogP contribution in [0.2, 0.25) is 0 Å². The number of pyridine rings is 1. The van der Waals surface area contributed by atoms with Crippen LogP contribution in [0.5, 0.6) is 0 Å². The minimum atomic E-state index is -3.22. The van der Waals surface area contributed by atoms with Crippen molar-refractivity contribution in [3.05, 3.63) is 24.1 Å². The van der Waals surface area contributed by atoms with Crippen LogP contribution >= 0.6 is 0 Å². The van der Waals surface area contributed by atoms with Gasteiger partial charge in [-0.15, -0.1) is 0 Å². The first-order valence-electron chi connectivity index (χ1n) is 4.86. The van der Waals surface area contributed by atoms with E-state index in [1.807, 2.05) is 0 Å². The monoisotopic (exact) mass is 247 g/mol. The first-order valence-corrected chi connectivity index (χ1v) is 6.51. The molecule has 0 saturated heterocycles. The Kier molecular flexibility index (Phi) is 4.63. The molecule has 1 heterocycles. The number of rotatable bonds is 6. The van der Waals surface area contributed by atoms with E-state index in [0.717, 1.165) is 6.20 Å². The Morgan fingerprint density at radius 3 is 2.75 bits per heavy atom. The Bertz CT molecular complexity index is 419. The molecule has 16 heavy (non-hydrogen) atoms. The molecule has 5 nitrogen and oxygen atoms in total. The maximum Gasteiger partial charge on any atom is 0.213 e. The van der Waals surface area contributed by atoms with E-state index in [0.29, 0.717) is 12.4 Å². The summed E-state index contributed by atoms with van der Waals surface area (Å²) in [7, 11) is -3.22. The number of hydrogen-bond acceptors (Lipinski definition) is 4. The number of aromatic nitrogens is 1. The van der Waals surface area contributed by atoms with Crippen molar-refractivity contribution in [3.63, 3.8) is 0 Å². The summed E-state index contributed by atoms with van der Waals surface area (Å²) in [6, 6.07) is 2.71. The molecule has 1 aromatic heterocycles. The lowest BCUT2D eigenvalue weighted by atomic mass is 10.4. The van der Waals surface area contributed by atoms with Crippen molar-refractivity contribution >= 4 is 15.8 Å². The third-order valence-electron chi connectivity index (χ3n) is 1.77. The third-order valence-corrected chi connectivity index (χ3v) is 3.24. The van der Waals surface area contributed by atoms with Gasteiger partial charge in [0, 0.05) is 13.1 Å². The SMILES string of the molecule is CCNS(=O)(=O)CCNc1ccc(F)cn1. The standard InChI is InChI=1S/C9H14FN3O2S/c1-2-13-16(14,15)6-5-11-9-4-3-8(10)7-12-9/h3-4,7,13H,2,5-6H2,1H3,(H,11,12). The zero-order valence-corrected chi connectivity index (χ0v) is 9.72. The van der Waals surface area contributed by atoms with Crippen molar-refractivity contribution in [3.8, 4) is 0 Å². The normalized spacial score (nSPS) is 11.4. The number of halogens is 1. The molecule has 0 aliphatic rings. The predicted octanol–water partition coefficient (Wildman–Crippen LogP) is 0.572. The fourth-order valence-electron chi connectivity index (χ4n) is 1.09.